The predicted molar refractivity (Wildman–Crippen MR) is 104 cm³/mol. The van der Waals surface area contributed by atoms with Gasteiger partial charge in [-0.25, -0.2) is 8.78 Å². The highest BCUT2D eigenvalue weighted by Gasteiger charge is 2.44. The molecule has 0 bridgehead atoms. The highest BCUT2D eigenvalue weighted by Crippen LogP contribution is 2.22. The van der Waals surface area contributed by atoms with Crippen molar-refractivity contribution in [3.63, 3.8) is 0 Å². The van der Waals surface area contributed by atoms with E-state index in [2.05, 4.69) is 5.32 Å². The topological polar surface area (TPSA) is 102 Å². The summed E-state index contributed by atoms with van der Waals surface area (Å²) in [5, 5.41) is 31.1. The van der Waals surface area contributed by atoms with E-state index in [0.29, 0.717) is 12.7 Å². The lowest BCUT2D eigenvalue weighted by Gasteiger charge is -2.35. The molecule has 2 aromatic rings. The van der Waals surface area contributed by atoms with E-state index in [1.165, 1.54) is 5.48 Å². The van der Waals surface area contributed by atoms with Crippen LogP contribution in [-0.2, 0) is 11.2 Å². The highest BCUT2D eigenvalue weighted by molar-refractivity contribution is 5.63. The second kappa shape index (κ2) is 10.5. The Morgan fingerprint density at radius 3 is 2.17 bits per heavy atom. The van der Waals surface area contributed by atoms with E-state index in [4.69, 9.17) is 5.21 Å². The average molecular weight is 408 g/mol. The van der Waals surface area contributed by atoms with Gasteiger partial charge >= 0.3 is 0 Å². The Balaban J connectivity index is 2.03. The van der Waals surface area contributed by atoms with E-state index in [0.717, 1.165) is 23.6 Å². The molecule has 2 aromatic carbocycles. The summed E-state index contributed by atoms with van der Waals surface area (Å²) in [5.74, 6) is -0.584. The van der Waals surface area contributed by atoms with Crippen LogP contribution in [0, 0.1) is 5.92 Å². The van der Waals surface area contributed by atoms with Gasteiger partial charge in [-0.1, -0.05) is 54.6 Å². The summed E-state index contributed by atoms with van der Waals surface area (Å²) in [4.78, 5) is 11.5. The SMILES string of the molecule is C[C@@](O)(C(F)F)C(NCC(C=O)Cc1ccc(-c2ccccc2)cc1)C(O)NO. The Morgan fingerprint density at radius 2 is 1.66 bits per heavy atom. The lowest BCUT2D eigenvalue weighted by molar-refractivity contribution is -0.149. The summed E-state index contributed by atoms with van der Waals surface area (Å²) in [6.07, 6.45) is -4.00. The van der Waals surface area contributed by atoms with Crippen LogP contribution < -0.4 is 10.8 Å². The van der Waals surface area contributed by atoms with Crippen LogP contribution in [-0.4, -0.2) is 52.5 Å². The zero-order valence-electron chi connectivity index (χ0n) is 16.0. The molecule has 0 saturated heterocycles. The molecule has 0 spiro atoms. The van der Waals surface area contributed by atoms with Crippen molar-refractivity contribution in [3.8, 4) is 11.1 Å². The molecule has 3 unspecified atom stereocenters. The van der Waals surface area contributed by atoms with Gasteiger partial charge < -0.3 is 25.5 Å². The summed E-state index contributed by atoms with van der Waals surface area (Å²) in [5.41, 5.74) is 1.80. The highest BCUT2D eigenvalue weighted by atomic mass is 19.3. The summed E-state index contributed by atoms with van der Waals surface area (Å²) in [6.45, 7) is 0.768. The number of carbonyl (C=O) groups excluding carboxylic acids is 1. The van der Waals surface area contributed by atoms with Crippen LogP contribution in [0.1, 0.15) is 12.5 Å². The van der Waals surface area contributed by atoms with Gasteiger partial charge in [0.05, 0.1) is 6.04 Å². The Labute approximate surface area is 168 Å². The first-order chi connectivity index (χ1) is 13.8. The molecule has 0 radical (unpaired) electrons. The number of hydrogen-bond acceptors (Lipinski definition) is 6. The molecule has 0 aliphatic rings. The molecule has 0 aromatic heterocycles. The number of benzene rings is 2. The quantitative estimate of drug-likeness (QED) is 0.221. The number of alkyl halides is 2. The van der Waals surface area contributed by atoms with E-state index >= 15 is 0 Å². The molecular formula is C21H26F2N2O4. The van der Waals surface area contributed by atoms with Gasteiger partial charge in [-0.3, -0.25) is 0 Å². The Hall–Kier alpha value is -2.23. The number of rotatable bonds is 11. The molecule has 6 nitrogen and oxygen atoms in total. The molecule has 0 saturated carbocycles. The molecule has 0 heterocycles. The first-order valence-electron chi connectivity index (χ1n) is 9.20. The summed E-state index contributed by atoms with van der Waals surface area (Å²) in [7, 11) is 0. The van der Waals surface area contributed by atoms with Gasteiger partial charge in [-0.2, -0.15) is 5.48 Å². The molecule has 2 rings (SSSR count). The Morgan fingerprint density at radius 1 is 1.07 bits per heavy atom. The van der Waals surface area contributed by atoms with Gasteiger partial charge in [0, 0.05) is 12.5 Å². The van der Waals surface area contributed by atoms with Gasteiger partial charge in [0.1, 0.15) is 18.1 Å². The van der Waals surface area contributed by atoms with Gasteiger partial charge in [0.25, 0.3) is 6.43 Å². The van der Waals surface area contributed by atoms with Gasteiger partial charge in [0.2, 0.25) is 0 Å². The number of hydrogen-bond donors (Lipinski definition) is 5. The van der Waals surface area contributed by atoms with E-state index < -0.39 is 30.2 Å². The molecule has 29 heavy (non-hydrogen) atoms. The van der Waals surface area contributed by atoms with Crippen molar-refractivity contribution in [2.75, 3.05) is 6.54 Å². The fourth-order valence-corrected chi connectivity index (χ4v) is 3.06. The second-order valence-corrected chi connectivity index (χ2v) is 7.15. The van der Waals surface area contributed by atoms with E-state index in [-0.39, 0.29) is 6.54 Å². The summed E-state index contributed by atoms with van der Waals surface area (Å²) < 4.78 is 26.2. The molecule has 0 fully saturated rings. The van der Waals surface area contributed by atoms with Crippen LogP contribution in [0.3, 0.4) is 0 Å². The maximum atomic E-state index is 13.1. The molecule has 8 heteroatoms. The van der Waals surface area contributed by atoms with E-state index in [1.807, 2.05) is 54.6 Å². The van der Waals surface area contributed by atoms with Crippen molar-refractivity contribution >= 4 is 6.29 Å². The number of carbonyl (C=O) groups is 1. The van der Waals surface area contributed by atoms with Crippen molar-refractivity contribution in [2.45, 2.75) is 37.6 Å². The van der Waals surface area contributed by atoms with E-state index in [9.17, 15) is 23.8 Å². The molecule has 0 aliphatic heterocycles. The zero-order chi connectivity index (χ0) is 21.4. The van der Waals surface area contributed by atoms with Crippen LogP contribution in [0.5, 0.6) is 0 Å². The van der Waals surface area contributed by atoms with Gasteiger partial charge in [-0.05, 0) is 30.0 Å². The summed E-state index contributed by atoms with van der Waals surface area (Å²) in [6, 6.07) is 15.8. The van der Waals surface area contributed by atoms with Crippen LogP contribution in [0.25, 0.3) is 11.1 Å². The number of nitrogens with one attached hydrogen (secondary N) is 2. The van der Waals surface area contributed by atoms with Crippen LogP contribution in [0.2, 0.25) is 0 Å². The monoisotopic (exact) mass is 408 g/mol. The fraction of sp³-hybridized carbons (Fsp3) is 0.381. The minimum Gasteiger partial charge on any atom is -0.382 e. The number of aldehydes is 1. The molecule has 158 valence electrons. The molecule has 5 N–H and O–H groups in total. The average Bonchev–Trinajstić information content (AvgIpc) is 2.73. The fourth-order valence-electron chi connectivity index (χ4n) is 3.06. The third-order valence-corrected chi connectivity index (χ3v) is 4.87. The standard InChI is InChI=1S/C21H26F2N2O4/c1-21(28,20(22)23)18(19(27)25-29)24-12-15(13-26)11-14-7-9-17(10-8-14)16-5-3-2-4-6-16/h2-10,13,15,18-20,24-25,27-29H,11-12H2,1H3/t15?,18?,19?,21-/m0/s1. The maximum Gasteiger partial charge on any atom is 0.268 e. The van der Waals surface area contributed by atoms with Crippen molar-refractivity contribution in [1.82, 2.24) is 10.8 Å². The van der Waals surface area contributed by atoms with E-state index in [1.54, 1.807) is 0 Å². The molecular weight excluding hydrogens is 382 g/mol. The van der Waals surface area contributed by atoms with Gasteiger partial charge in [0.15, 0.2) is 0 Å². The summed E-state index contributed by atoms with van der Waals surface area (Å²) >= 11 is 0. The predicted octanol–water partition coefficient (Wildman–Crippen LogP) is 1.98. The van der Waals surface area contributed by atoms with Crippen LogP contribution >= 0.6 is 0 Å². The third kappa shape index (κ3) is 6.12. The number of halogens is 2. The smallest absolute Gasteiger partial charge is 0.268 e. The van der Waals surface area contributed by atoms with Crippen molar-refractivity contribution in [2.24, 2.45) is 5.92 Å². The van der Waals surface area contributed by atoms with Crippen molar-refractivity contribution in [3.05, 3.63) is 60.2 Å². The molecule has 4 atom stereocenters. The largest absolute Gasteiger partial charge is 0.382 e. The first-order valence-corrected chi connectivity index (χ1v) is 9.20. The zero-order valence-corrected chi connectivity index (χ0v) is 16.0. The first kappa shape index (κ1) is 23.1. The third-order valence-electron chi connectivity index (χ3n) is 4.87. The van der Waals surface area contributed by atoms with Crippen LogP contribution in [0.15, 0.2) is 54.6 Å². The maximum absolute atomic E-state index is 13.1. The van der Waals surface area contributed by atoms with Crippen LogP contribution in [0.4, 0.5) is 8.78 Å². The van der Waals surface area contributed by atoms with Crippen molar-refractivity contribution < 1.29 is 29.0 Å². The Kier molecular flexibility index (Phi) is 8.36. The van der Waals surface area contributed by atoms with Gasteiger partial charge in [-0.15, -0.1) is 0 Å². The lowest BCUT2D eigenvalue weighted by Crippen LogP contribution is -2.63. The van der Waals surface area contributed by atoms with Crippen molar-refractivity contribution in [1.29, 1.82) is 0 Å². The minimum absolute atomic E-state index is 0.0732. The number of aliphatic hydroxyl groups excluding tert-OH is 1. The molecule has 0 amide bonds. The molecule has 0 aliphatic carbocycles. The number of hydroxylamine groups is 1. The lowest BCUT2D eigenvalue weighted by atomic mass is 9.93. The minimum atomic E-state index is -3.18. The Bertz CT molecular complexity index is 757. The second-order valence-electron chi connectivity index (χ2n) is 7.15. The normalized spacial score (nSPS) is 16.8. The number of aliphatic hydroxyl groups is 2.